The van der Waals surface area contributed by atoms with E-state index >= 15 is 0 Å². The minimum atomic E-state index is -0.850. The molecule has 0 saturated carbocycles. The summed E-state index contributed by atoms with van der Waals surface area (Å²) >= 11 is 0. The Morgan fingerprint density at radius 2 is 0.649 bits per heavy atom. The molecule has 0 aromatic rings. The van der Waals surface area contributed by atoms with Gasteiger partial charge in [-0.15, -0.1) is 0 Å². The normalized spacial score (nSPS) is 12.8. The van der Waals surface area contributed by atoms with Crippen molar-refractivity contribution in [2.75, 3.05) is 13.2 Å². The lowest BCUT2D eigenvalue weighted by Crippen LogP contribution is -2.45. The maximum atomic E-state index is 12.5. The topological polar surface area (TPSA) is 95.9 Å². The minimum Gasteiger partial charge on any atom is -0.466 e. The third-order valence-corrected chi connectivity index (χ3v) is 15.8. The molecule has 0 aromatic heterocycles. The number of amides is 1. The van der Waals surface area contributed by atoms with Crippen LogP contribution in [-0.4, -0.2) is 47.4 Å². The number of allylic oxidation sites excluding steroid dienone is 7. The summed E-state index contributed by atoms with van der Waals surface area (Å²) in [6.45, 7) is 4.92. The van der Waals surface area contributed by atoms with Crippen molar-refractivity contribution < 1.29 is 24.5 Å². The Hall–Kier alpha value is -2.18. The number of hydrogen-bond donors (Lipinski definition) is 3. The molecule has 0 saturated heterocycles. The number of rotatable bonds is 64. The van der Waals surface area contributed by atoms with E-state index in [2.05, 4.69) is 55.6 Å². The van der Waals surface area contributed by atoms with E-state index in [0.29, 0.717) is 19.4 Å². The molecular formula is C71H133NO5. The quantitative estimate of drug-likeness (QED) is 0.0320. The van der Waals surface area contributed by atoms with Crippen LogP contribution in [0.2, 0.25) is 0 Å². The van der Waals surface area contributed by atoms with Crippen LogP contribution < -0.4 is 5.32 Å². The highest BCUT2D eigenvalue weighted by Crippen LogP contribution is 2.17. The van der Waals surface area contributed by atoms with Gasteiger partial charge < -0.3 is 20.3 Å². The zero-order chi connectivity index (χ0) is 55.7. The second-order valence-corrected chi connectivity index (χ2v) is 23.5. The highest BCUT2D eigenvalue weighted by atomic mass is 16.5. The second kappa shape index (κ2) is 66.3. The van der Waals surface area contributed by atoms with Gasteiger partial charge in [-0.1, -0.05) is 313 Å². The highest BCUT2D eigenvalue weighted by molar-refractivity contribution is 5.76. The molecule has 6 nitrogen and oxygen atoms in total. The molecule has 0 aliphatic heterocycles. The van der Waals surface area contributed by atoms with Gasteiger partial charge in [0.2, 0.25) is 5.91 Å². The Morgan fingerprint density at radius 3 is 1.00 bits per heavy atom. The van der Waals surface area contributed by atoms with Crippen LogP contribution >= 0.6 is 0 Å². The third-order valence-electron chi connectivity index (χ3n) is 15.8. The summed E-state index contributed by atoms with van der Waals surface area (Å²) in [4.78, 5) is 24.6. The van der Waals surface area contributed by atoms with E-state index in [1.54, 1.807) is 6.08 Å². The third kappa shape index (κ3) is 62.9. The number of hydrogen-bond acceptors (Lipinski definition) is 5. The van der Waals surface area contributed by atoms with Crippen LogP contribution in [0.5, 0.6) is 0 Å². The zero-order valence-electron chi connectivity index (χ0n) is 51.7. The van der Waals surface area contributed by atoms with Crippen molar-refractivity contribution in [2.45, 2.75) is 379 Å². The van der Waals surface area contributed by atoms with E-state index in [-0.39, 0.29) is 18.5 Å². The van der Waals surface area contributed by atoms with E-state index in [4.69, 9.17) is 4.74 Å². The number of aliphatic hydroxyl groups is 2. The Labute approximate surface area is 480 Å². The van der Waals surface area contributed by atoms with Gasteiger partial charge in [-0.2, -0.15) is 0 Å². The Morgan fingerprint density at radius 1 is 0.364 bits per heavy atom. The molecule has 452 valence electrons. The van der Waals surface area contributed by atoms with Crippen LogP contribution in [0.4, 0.5) is 0 Å². The first-order valence-electron chi connectivity index (χ1n) is 34.4. The summed E-state index contributed by atoms with van der Waals surface area (Å²) in [5.41, 5.74) is 0. The summed E-state index contributed by atoms with van der Waals surface area (Å²) in [6, 6.07) is -0.634. The van der Waals surface area contributed by atoms with Crippen molar-refractivity contribution in [2.24, 2.45) is 0 Å². The monoisotopic (exact) mass is 1080 g/mol. The molecule has 6 heteroatoms. The average molecular weight is 1080 g/mol. The smallest absolute Gasteiger partial charge is 0.305 e. The first-order chi connectivity index (χ1) is 38.0. The minimum absolute atomic E-state index is 0.00129. The molecule has 0 bridgehead atoms. The van der Waals surface area contributed by atoms with Crippen LogP contribution in [0.3, 0.4) is 0 Å². The van der Waals surface area contributed by atoms with Crippen molar-refractivity contribution in [1.82, 2.24) is 5.32 Å². The molecule has 3 N–H and O–H groups in total. The van der Waals surface area contributed by atoms with Gasteiger partial charge in [-0.25, -0.2) is 0 Å². The molecule has 0 aromatic carbocycles. The Bertz CT molecular complexity index is 1290. The predicted octanol–water partition coefficient (Wildman–Crippen LogP) is 22.1. The molecule has 0 aliphatic rings. The Balaban J connectivity index is 3.46. The molecule has 0 spiro atoms. The van der Waals surface area contributed by atoms with E-state index in [9.17, 15) is 19.8 Å². The fourth-order valence-electron chi connectivity index (χ4n) is 10.5. The first kappa shape index (κ1) is 74.8. The van der Waals surface area contributed by atoms with Crippen molar-refractivity contribution in [3.63, 3.8) is 0 Å². The van der Waals surface area contributed by atoms with E-state index < -0.39 is 12.1 Å². The van der Waals surface area contributed by atoms with Gasteiger partial charge in [0, 0.05) is 12.8 Å². The number of ether oxygens (including phenoxy) is 1. The highest BCUT2D eigenvalue weighted by Gasteiger charge is 2.18. The summed E-state index contributed by atoms with van der Waals surface area (Å²) < 4.78 is 5.49. The Kier molecular flexibility index (Phi) is 64.5. The van der Waals surface area contributed by atoms with Gasteiger partial charge >= 0.3 is 5.97 Å². The largest absolute Gasteiger partial charge is 0.466 e. The molecule has 2 unspecified atom stereocenters. The van der Waals surface area contributed by atoms with Gasteiger partial charge in [0.25, 0.3) is 0 Å². The molecule has 0 heterocycles. The number of carbonyl (C=O) groups is 2. The number of unbranched alkanes of at least 4 members (excludes halogenated alkanes) is 47. The lowest BCUT2D eigenvalue weighted by atomic mass is 10.0. The van der Waals surface area contributed by atoms with Crippen LogP contribution in [0.1, 0.15) is 367 Å². The van der Waals surface area contributed by atoms with Crippen molar-refractivity contribution in [3.05, 3.63) is 48.6 Å². The molecule has 0 rings (SSSR count). The number of nitrogens with one attached hydrogen (secondary N) is 1. The SMILES string of the molecule is CCCCCCCCC/C=C\CCCCCCCC(=O)OCCCCCCCCCCC/C=C\C/C=C\CCCCCCCCCCCC(=O)NC(CO)C(O)/C=C/CCCCCCCCCCCCCCCCCCC. The zero-order valence-corrected chi connectivity index (χ0v) is 51.7. The maximum absolute atomic E-state index is 12.5. The first-order valence-corrected chi connectivity index (χ1v) is 34.4. The van der Waals surface area contributed by atoms with E-state index in [0.717, 1.165) is 51.4 Å². The van der Waals surface area contributed by atoms with Crippen LogP contribution in [0.15, 0.2) is 48.6 Å². The fraction of sp³-hybridized carbons (Fsp3) is 0.859. The van der Waals surface area contributed by atoms with Gasteiger partial charge in [0.05, 0.1) is 25.4 Å². The molecule has 2 atom stereocenters. The standard InChI is InChI=1S/C71H133NO5/c1-3-5-7-9-11-13-15-17-19-21-29-32-35-39-43-47-51-55-59-63-69(74)68(67-73)72-70(75)64-60-56-52-48-44-40-36-33-30-27-25-23-22-24-26-28-31-34-38-42-46-50-54-58-62-66-77-71(76)65-61-57-53-49-45-41-37-20-18-16-14-12-10-8-6-4-2/h20,23-26,37,59,63,68-69,73-74H,3-19,21-22,27-36,38-58,60-62,64-67H2,1-2H3,(H,72,75)/b25-23-,26-24-,37-20-,63-59+. The molecule has 77 heavy (non-hydrogen) atoms. The molecule has 0 fully saturated rings. The van der Waals surface area contributed by atoms with Crippen LogP contribution in [0.25, 0.3) is 0 Å². The summed E-state index contributed by atoms with van der Waals surface area (Å²) in [5.74, 6) is -0.0706. The lowest BCUT2D eigenvalue weighted by molar-refractivity contribution is -0.143. The van der Waals surface area contributed by atoms with Crippen LogP contribution in [-0.2, 0) is 14.3 Å². The van der Waals surface area contributed by atoms with Crippen molar-refractivity contribution in [1.29, 1.82) is 0 Å². The fourth-order valence-corrected chi connectivity index (χ4v) is 10.5. The van der Waals surface area contributed by atoms with E-state index in [1.165, 1.54) is 289 Å². The average Bonchev–Trinajstić information content (AvgIpc) is 3.43. The molecule has 0 radical (unpaired) electrons. The molecule has 0 aliphatic carbocycles. The number of carbonyl (C=O) groups excluding carboxylic acids is 2. The number of aliphatic hydroxyl groups excluding tert-OH is 2. The van der Waals surface area contributed by atoms with Gasteiger partial charge in [-0.3, -0.25) is 9.59 Å². The molecular weight excluding hydrogens is 947 g/mol. The summed E-state index contributed by atoms with van der Waals surface area (Å²) in [5, 5.41) is 23.2. The van der Waals surface area contributed by atoms with Gasteiger partial charge in [-0.05, 0) is 89.9 Å². The van der Waals surface area contributed by atoms with Gasteiger partial charge in [0.1, 0.15) is 0 Å². The maximum Gasteiger partial charge on any atom is 0.305 e. The lowest BCUT2D eigenvalue weighted by Gasteiger charge is -2.20. The van der Waals surface area contributed by atoms with Crippen LogP contribution in [0, 0.1) is 0 Å². The summed E-state index contributed by atoms with van der Waals surface area (Å²) in [7, 11) is 0. The van der Waals surface area contributed by atoms with Crippen molar-refractivity contribution in [3.8, 4) is 0 Å². The van der Waals surface area contributed by atoms with E-state index in [1.807, 2.05) is 6.08 Å². The second-order valence-electron chi connectivity index (χ2n) is 23.5. The number of esters is 1. The predicted molar refractivity (Wildman–Crippen MR) is 338 cm³/mol. The molecule has 1 amide bonds. The van der Waals surface area contributed by atoms with Gasteiger partial charge in [0.15, 0.2) is 0 Å². The summed E-state index contributed by atoms with van der Waals surface area (Å²) in [6.07, 6.45) is 86.0. The van der Waals surface area contributed by atoms with Crippen molar-refractivity contribution >= 4 is 11.9 Å².